The van der Waals surface area contributed by atoms with E-state index < -0.39 is 0 Å². The Kier molecular flexibility index (Phi) is 8.67. The van der Waals surface area contributed by atoms with Gasteiger partial charge in [0.25, 0.3) is 0 Å². The summed E-state index contributed by atoms with van der Waals surface area (Å²) in [5, 5.41) is 0. The molecule has 0 amide bonds. The maximum atomic E-state index is 3.98. The number of halogens is 2. The van der Waals surface area contributed by atoms with Gasteiger partial charge in [-0.05, 0) is 170 Å². The highest BCUT2D eigenvalue weighted by molar-refractivity contribution is 9.11. The molecule has 8 aliphatic rings. The van der Waals surface area contributed by atoms with Crippen LogP contribution in [0.5, 0.6) is 0 Å². The molecule has 4 unspecified atom stereocenters. The lowest BCUT2D eigenvalue weighted by Crippen LogP contribution is -2.70. The van der Waals surface area contributed by atoms with Crippen LogP contribution in [0.25, 0.3) is 0 Å². The van der Waals surface area contributed by atoms with Gasteiger partial charge in [-0.25, -0.2) is 0 Å². The molecule has 0 aromatic heterocycles. The van der Waals surface area contributed by atoms with Gasteiger partial charge in [-0.15, -0.1) is 0 Å². The normalized spacial score (nSPS) is 45.0. The Bertz CT molecular complexity index is 1140. The zero-order chi connectivity index (χ0) is 30.9. The molecule has 0 radical (unpaired) electrons. The molecule has 0 aliphatic heterocycles. The highest BCUT2D eigenvalue weighted by Crippen LogP contribution is 2.85. The van der Waals surface area contributed by atoms with Gasteiger partial charge in [0.1, 0.15) is 0 Å². The Morgan fingerprint density at radius 3 is 1.41 bits per heavy atom. The molecule has 0 heterocycles. The number of hydrogen-bond donors (Lipinski definition) is 0. The minimum atomic E-state index is 0.360. The van der Waals surface area contributed by atoms with E-state index in [0.717, 1.165) is 5.92 Å². The first-order chi connectivity index (χ1) is 21.0. The predicted molar refractivity (Wildman–Crippen MR) is 195 cm³/mol. The van der Waals surface area contributed by atoms with Gasteiger partial charge in [0, 0.05) is 8.95 Å². The molecule has 44 heavy (non-hydrogen) atoms. The first kappa shape index (κ1) is 32.7. The molecular formula is C42H64Br2. The third-order valence-electron chi connectivity index (χ3n) is 15.4. The molecular weight excluding hydrogens is 664 g/mol. The van der Waals surface area contributed by atoms with Crippen LogP contribution >= 0.6 is 31.9 Å². The number of hydrogen-bond acceptors (Lipinski definition) is 0. The molecule has 8 aliphatic carbocycles. The lowest BCUT2D eigenvalue weighted by molar-refractivity contribution is -0.283. The van der Waals surface area contributed by atoms with Crippen LogP contribution in [0.2, 0.25) is 0 Å². The van der Waals surface area contributed by atoms with Crippen LogP contribution in [-0.4, -0.2) is 0 Å². The van der Waals surface area contributed by atoms with Crippen molar-refractivity contribution in [2.45, 2.75) is 187 Å². The van der Waals surface area contributed by atoms with Gasteiger partial charge in [-0.1, -0.05) is 111 Å². The van der Waals surface area contributed by atoms with E-state index in [9.17, 15) is 0 Å². The predicted octanol–water partition coefficient (Wildman–Crippen LogP) is 14.5. The molecule has 8 bridgehead atoms. The molecule has 0 spiro atoms. The highest BCUT2D eigenvalue weighted by atomic mass is 79.9. The summed E-state index contributed by atoms with van der Waals surface area (Å²) in [5.74, 6) is 1.02. The molecule has 8 fully saturated rings. The fourth-order valence-electron chi connectivity index (χ4n) is 15.5. The second-order valence-corrected chi connectivity index (χ2v) is 20.8. The van der Waals surface area contributed by atoms with Crippen molar-refractivity contribution in [3.63, 3.8) is 0 Å². The van der Waals surface area contributed by atoms with E-state index >= 15 is 0 Å². The van der Waals surface area contributed by atoms with Gasteiger partial charge in [-0.3, -0.25) is 0 Å². The van der Waals surface area contributed by atoms with E-state index in [1.165, 1.54) is 105 Å². The summed E-state index contributed by atoms with van der Waals surface area (Å²) in [6.07, 6.45) is 36.1. The van der Waals surface area contributed by atoms with Gasteiger partial charge < -0.3 is 0 Å². The highest BCUT2D eigenvalue weighted by Gasteiger charge is 2.76. The third-order valence-corrected chi connectivity index (χ3v) is 16.3. The van der Waals surface area contributed by atoms with Crippen molar-refractivity contribution in [3.8, 4) is 0 Å². The Morgan fingerprint density at radius 1 is 0.500 bits per heavy atom. The van der Waals surface area contributed by atoms with E-state index in [-0.39, 0.29) is 0 Å². The van der Waals surface area contributed by atoms with Crippen molar-refractivity contribution in [2.24, 2.45) is 38.4 Å². The number of unbranched alkanes of at least 4 members (excludes halogenated alkanes) is 4. The summed E-state index contributed by atoms with van der Waals surface area (Å²) < 4.78 is 2.56. The Balaban J connectivity index is 1.40. The maximum Gasteiger partial charge on any atom is 0.0189 e. The smallest absolute Gasteiger partial charge is 0.0189 e. The minimum absolute atomic E-state index is 0.360. The van der Waals surface area contributed by atoms with Crippen LogP contribution in [0.3, 0.4) is 0 Å². The minimum Gasteiger partial charge on any atom is -0.0654 e. The van der Waals surface area contributed by atoms with Crippen LogP contribution in [-0.2, 0) is 5.41 Å². The van der Waals surface area contributed by atoms with Crippen molar-refractivity contribution < 1.29 is 0 Å². The molecule has 1 aromatic carbocycles. The Labute approximate surface area is 288 Å². The molecule has 8 saturated carbocycles. The van der Waals surface area contributed by atoms with E-state index in [4.69, 9.17) is 0 Å². The van der Waals surface area contributed by atoms with Crippen molar-refractivity contribution in [1.82, 2.24) is 0 Å². The van der Waals surface area contributed by atoms with Crippen molar-refractivity contribution in [3.05, 3.63) is 32.7 Å². The zero-order valence-electron chi connectivity index (χ0n) is 29.0. The monoisotopic (exact) mass is 726 g/mol. The van der Waals surface area contributed by atoms with Crippen LogP contribution in [0.15, 0.2) is 27.1 Å². The van der Waals surface area contributed by atoms with Gasteiger partial charge in [0.05, 0.1) is 0 Å². The van der Waals surface area contributed by atoms with E-state index in [0.29, 0.717) is 37.9 Å². The summed E-state index contributed by atoms with van der Waals surface area (Å²) in [7, 11) is 0. The average Bonchev–Trinajstić information content (AvgIpc) is 2.95. The van der Waals surface area contributed by atoms with Gasteiger partial charge in [0.15, 0.2) is 0 Å². The lowest BCUT2D eigenvalue weighted by Gasteiger charge is -2.80. The summed E-state index contributed by atoms with van der Waals surface area (Å²) in [4.78, 5) is 0. The molecule has 246 valence electrons. The molecule has 9 rings (SSSR count). The summed E-state index contributed by atoms with van der Waals surface area (Å²) in [6, 6.07) is 7.45. The van der Waals surface area contributed by atoms with E-state index in [2.05, 4.69) is 77.8 Å². The Hall–Kier alpha value is 0.180. The quantitative estimate of drug-likeness (QED) is 0.179. The molecule has 0 saturated heterocycles. The fourth-order valence-corrected chi connectivity index (χ4v) is 16.8. The SMILES string of the molecule is CCCCC12CC3CC(CCCC)(C1)CC(C14CC5(CCCC)CC(CCCC)(CC(c6cc(Br)cc(Br)c6)(C5)C1)C4)(C3)C2. The molecule has 1 aromatic rings. The molecule has 2 heteroatoms. The number of benzene rings is 1. The fraction of sp³-hybridized carbons (Fsp3) is 0.857. The van der Waals surface area contributed by atoms with Crippen molar-refractivity contribution in [1.29, 1.82) is 0 Å². The van der Waals surface area contributed by atoms with Crippen molar-refractivity contribution in [2.75, 3.05) is 0 Å². The topological polar surface area (TPSA) is 0 Å². The van der Waals surface area contributed by atoms with Crippen LogP contribution in [0.4, 0.5) is 0 Å². The van der Waals surface area contributed by atoms with Gasteiger partial charge >= 0.3 is 0 Å². The van der Waals surface area contributed by atoms with Crippen LogP contribution in [0.1, 0.15) is 187 Å². The van der Waals surface area contributed by atoms with Gasteiger partial charge in [0.2, 0.25) is 0 Å². The first-order valence-electron chi connectivity index (χ1n) is 19.5. The largest absolute Gasteiger partial charge is 0.0654 e. The standard InChI is InChI=1S/C42H64Br2/c1-5-9-13-36-20-32-21-37(23-36,14-10-6-2)28-41(22-32,27-36)42-29-38(15-11-7-3)24-39(30-42,16-12-8-4)26-40(25-38,31-42)33-17-34(43)19-35(44)18-33/h17-19,32H,5-16,20-31H2,1-4H3. The van der Waals surface area contributed by atoms with Crippen molar-refractivity contribution >= 4 is 31.9 Å². The van der Waals surface area contributed by atoms with Gasteiger partial charge in [-0.2, -0.15) is 0 Å². The van der Waals surface area contributed by atoms with E-state index in [1.54, 1.807) is 63.4 Å². The molecule has 0 N–H and O–H groups in total. The third kappa shape index (κ3) is 5.30. The zero-order valence-corrected chi connectivity index (χ0v) is 32.2. The second kappa shape index (κ2) is 11.7. The van der Waals surface area contributed by atoms with Crippen LogP contribution < -0.4 is 0 Å². The molecule has 4 atom stereocenters. The summed E-state index contributed by atoms with van der Waals surface area (Å²) in [6.45, 7) is 9.82. The first-order valence-corrected chi connectivity index (χ1v) is 21.1. The van der Waals surface area contributed by atoms with E-state index in [1.807, 2.05) is 0 Å². The lowest BCUT2D eigenvalue weighted by atomic mass is 9.25. The maximum absolute atomic E-state index is 3.98. The molecule has 0 nitrogen and oxygen atoms in total. The van der Waals surface area contributed by atoms with Crippen LogP contribution in [0, 0.1) is 38.4 Å². The number of rotatable bonds is 14. The second-order valence-electron chi connectivity index (χ2n) is 19.0. The Morgan fingerprint density at radius 2 is 0.932 bits per heavy atom. The average molecular weight is 729 g/mol. The summed E-state index contributed by atoms with van der Waals surface area (Å²) >= 11 is 7.96. The summed E-state index contributed by atoms with van der Waals surface area (Å²) in [5.41, 5.74) is 5.63.